The standard InChI is InChI=1S/C8H16N2O2/c1-12-8(11)10-6-2-3-7(10)4-5-9/h7H,2-6,9H2,1H3. The average molecular weight is 172 g/mol. The highest BCUT2D eigenvalue weighted by Crippen LogP contribution is 2.19. The van der Waals surface area contributed by atoms with E-state index in [0.29, 0.717) is 12.6 Å². The largest absolute Gasteiger partial charge is 0.453 e. The normalized spacial score (nSPS) is 22.8. The number of amides is 1. The lowest BCUT2D eigenvalue weighted by Crippen LogP contribution is -2.36. The Balaban J connectivity index is 2.45. The molecular weight excluding hydrogens is 156 g/mol. The highest BCUT2D eigenvalue weighted by Gasteiger charge is 2.28. The summed E-state index contributed by atoms with van der Waals surface area (Å²) in [6, 6.07) is 0.308. The van der Waals surface area contributed by atoms with Crippen LogP contribution in [0.2, 0.25) is 0 Å². The number of ether oxygens (including phenoxy) is 1. The van der Waals surface area contributed by atoms with Crippen LogP contribution in [-0.4, -0.2) is 37.2 Å². The van der Waals surface area contributed by atoms with E-state index in [0.717, 1.165) is 25.8 Å². The first kappa shape index (κ1) is 9.32. The highest BCUT2D eigenvalue weighted by molar-refractivity contribution is 5.68. The number of nitrogens with zero attached hydrogens (tertiary/aromatic N) is 1. The van der Waals surface area contributed by atoms with Crippen molar-refractivity contribution in [2.75, 3.05) is 20.2 Å². The predicted octanol–water partition coefficient (Wildman–Crippen LogP) is 0.566. The molecule has 1 aliphatic rings. The second-order valence-electron chi connectivity index (χ2n) is 3.04. The third-order valence-electron chi connectivity index (χ3n) is 2.29. The van der Waals surface area contributed by atoms with Gasteiger partial charge in [-0.25, -0.2) is 4.79 Å². The molecule has 70 valence electrons. The van der Waals surface area contributed by atoms with Gasteiger partial charge in [0.05, 0.1) is 7.11 Å². The van der Waals surface area contributed by atoms with Gasteiger partial charge in [-0.05, 0) is 25.8 Å². The Hall–Kier alpha value is -0.770. The average Bonchev–Trinajstić information content (AvgIpc) is 2.52. The van der Waals surface area contributed by atoms with E-state index in [1.807, 2.05) is 0 Å². The maximum Gasteiger partial charge on any atom is 0.409 e. The van der Waals surface area contributed by atoms with Gasteiger partial charge in [-0.2, -0.15) is 0 Å². The Kier molecular flexibility index (Phi) is 3.34. The van der Waals surface area contributed by atoms with Crippen molar-refractivity contribution in [3.8, 4) is 0 Å². The predicted molar refractivity (Wildman–Crippen MR) is 45.8 cm³/mol. The highest BCUT2D eigenvalue weighted by atomic mass is 16.5. The lowest BCUT2D eigenvalue weighted by atomic mass is 10.1. The summed E-state index contributed by atoms with van der Waals surface area (Å²) in [6.07, 6.45) is 2.80. The van der Waals surface area contributed by atoms with Crippen LogP contribution in [0.3, 0.4) is 0 Å². The van der Waals surface area contributed by atoms with E-state index >= 15 is 0 Å². The van der Waals surface area contributed by atoms with Crippen LogP contribution in [0.15, 0.2) is 0 Å². The van der Waals surface area contributed by atoms with E-state index in [-0.39, 0.29) is 6.09 Å². The SMILES string of the molecule is COC(=O)N1CCCC1CCN. The zero-order valence-corrected chi connectivity index (χ0v) is 7.45. The van der Waals surface area contributed by atoms with E-state index in [1.54, 1.807) is 4.90 Å². The lowest BCUT2D eigenvalue weighted by Gasteiger charge is -2.22. The molecule has 2 N–H and O–H groups in total. The summed E-state index contributed by atoms with van der Waals surface area (Å²) in [4.78, 5) is 12.9. The van der Waals surface area contributed by atoms with E-state index in [1.165, 1.54) is 7.11 Å². The van der Waals surface area contributed by atoms with Crippen molar-refractivity contribution >= 4 is 6.09 Å². The lowest BCUT2D eigenvalue weighted by molar-refractivity contribution is 0.118. The minimum Gasteiger partial charge on any atom is -0.453 e. The summed E-state index contributed by atoms with van der Waals surface area (Å²) in [5, 5.41) is 0. The Morgan fingerprint density at radius 3 is 3.08 bits per heavy atom. The van der Waals surface area contributed by atoms with Crippen LogP contribution in [0.5, 0.6) is 0 Å². The molecule has 1 rings (SSSR count). The topological polar surface area (TPSA) is 55.6 Å². The van der Waals surface area contributed by atoms with E-state index in [2.05, 4.69) is 4.74 Å². The number of hydrogen-bond donors (Lipinski definition) is 1. The van der Waals surface area contributed by atoms with Crippen LogP contribution < -0.4 is 5.73 Å². The molecule has 1 fully saturated rings. The zero-order valence-electron chi connectivity index (χ0n) is 7.45. The minimum atomic E-state index is -0.217. The fourth-order valence-electron chi connectivity index (χ4n) is 1.69. The molecule has 0 radical (unpaired) electrons. The molecule has 1 amide bonds. The van der Waals surface area contributed by atoms with Crippen LogP contribution in [0.4, 0.5) is 4.79 Å². The molecule has 1 saturated heterocycles. The quantitative estimate of drug-likeness (QED) is 0.662. The molecule has 0 aromatic rings. The van der Waals surface area contributed by atoms with Gasteiger partial charge < -0.3 is 15.4 Å². The molecule has 0 aromatic carbocycles. The van der Waals surface area contributed by atoms with Gasteiger partial charge in [0.15, 0.2) is 0 Å². The fourth-order valence-corrected chi connectivity index (χ4v) is 1.69. The third-order valence-corrected chi connectivity index (χ3v) is 2.29. The molecule has 12 heavy (non-hydrogen) atoms. The summed E-state index contributed by atoms with van der Waals surface area (Å²) in [7, 11) is 1.42. The summed E-state index contributed by atoms with van der Waals surface area (Å²) >= 11 is 0. The first-order chi connectivity index (χ1) is 5.79. The second kappa shape index (κ2) is 4.30. The summed E-state index contributed by atoms with van der Waals surface area (Å²) in [5.41, 5.74) is 5.43. The van der Waals surface area contributed by atoms with Gasteiger partial charge in [-0.3, -0.25) is 0 Å². The maximum atomic E-state index is 11.2. The second-order valence-corrected chi connectivity index (χ2v) is 3.04. The molecule has 1 aliphatic heterocycles. The van der Waals surface area contributed by atoms with E-state index in [4.69, 9.17) is 5.73 Å². The van der Waals surface area contributed by atoms with Crippen molar-refractivity contribution in [1.29, 1.82) is 0 Å². The molecule has 1 heterocycles. The van der Waals surface area contributed by atoms with Crippen molar-refractivity contribution < 1.29 is 9.53 Å². The van der Waals surface area contributed by atoms with Gasteiger partial charge in [0, 0.05) is 12.6 Å². The van der Waals surface area contributed by atoms with Gasteiger partial charge in [-0.1, -0.05) is 0 Å². The van der Waals surface area contributed by atoms with Crippen molar-refractivity contribution in [3.05, 3.63) is 0 Å². The fraction of sp³-hybridized carbons (Fsp3) is 0.875. The number of likely N-dealkylation sites (tertiary alicyclic amines) is 1. The maximum absolute atomic E-state index is 11.2. The van der Waals surface area contributed by atoms with Crippen LogP contribution in [-0.2, 0) is 4.74 Å². The summed E-state index contributed by atoms with van der Waals surface area (Å²) < 4.78 is 4.66. The minimum absolute atomic E-state index is 0.217. The van der Waals surface area contributed by atoms with E-state index in [9.17, 15) is 4.79 Å². The van der Waals surface area contributed by atoms with Crippen molar-refractivity contribution in [1.82, 2.24) is 4.90 Å². The molecular formula is C8H16N2O2. The van der Waals surface area contributed by atoms with Gasteiger partial charge >= 0.3 is 6.09 Å². The Labute approximate surface area is 72.7 Å². The van der Waals surface area contributed by atoms with Crippen LogP contribution in [0.1, 0.15) is 19.3 Å². The van der Waals surface area contributed by atoms with Gasteiger partial charge in [-0.15, -0.1) is 0 Å². The molecule has 0 aromatic heterocycles. The number of hydrogen-bond acceptors (Lipinski definition) is 3. The molecule has 4 heteroatoms. The third kappa shape index (κ3) is 1.88. The van der Waals surface area contributed by atoms with Crippen LogP contribution >= 0.6 is 0 Å². The molecule has 0 saturated carbocycles. The van der Waals surface area contributed by atoms with Crippen molar-refractivity contribution in [2.24, 2.45) is 5.73 Å². The monoisotopic (exact) mass is 172 g/mol. The number of carbonyl (C=O) groups is 1. The first-order valence-electron chi connectivity index (χ1n) is 4.34. The number of carbonyl (C=O) groups excluding carboxylic acids is 1. The molecule has 0 bridgehead atoms. The Morgan fingerprint density at radius 2 is 2.50 bits per heavy atom. The summed E-state index contributed by atoms with van der Waals surface area (Å²) in [6.45, 7) is 1.45. The van der Waals surface area contributed by atoms with E-state index < -0.39 is 0 Å². The zero-order chi connectivity index (χ0) is 8.97. The smallest absolute Gasteiger partial charge is 0.409 e. The van der Waals surface area contributed by atoms with Gasteiger partial charge in [0.2, 0.25) is 0 Å². The molecule has 0 spiro atoms. The molecule has 1 atom stereocenters. The molecule has 0 aliphatic carbocycles. The number of methoxy groups -OCH3 is 1. The van der Waals surface area contributed by atoms with Gasteiger partial charge in [0.25, 0.3) is 0 Å². The van der Waals surface area contributed by atoms with Crippen molar-refractivity contribution in [2.45, 2.75) is 25.3 Å². The summed E-state index contributed by atoms with van der Waals surface area (Å²) in [5.74, 6) is 0. The Morgan fingerprint density at radius 1 is 1.75 bits per heavy atom. The van der Waals surface area contributed by atoms with Crippen LogP contribution in [0, 0.1) is 0 Å². The molecule has 4 nitrogen and oxygen atoms in total. The van der Waals surface area contributed by atoms with Crippen LogP contribution in [0.25, 0.3) is 0 Å². The Bertz CT molecular complexity index is 161. The van der Waals surface area contributed by atoms with Crippen molar-refractivity contribution in [3.63, 3.8) is 0 Å². The number of rotatable bonds is 2. The number of nitrogens with two attached hydrogens (primary N) is 1. The molecule has 1 unspecified atom stereocenters. The first-order valence-corrected chi connectivity index (χ1v) is 4.34. The van der Waals surface area contributed by atoms with Gasteiger partial charge in [0.1, 0.15) is 0 Å².